The Balaban J connectivity index is 1.59. The number of piperidine rings is 1. The molecule has 3 rings (SSSR count). The van der Waals surface area contributed by atoms with Gasteiger partial charge in [0, 0.05) is 31.1 Å². The summed E-state index contributed by atoms with van der Waals surface area (Å²) in [6, 6.07) is 8.25. The number of benzene rings is 1. The standard InChI is InChI=1S/C24H33N3O2S/c1-5-6-13-25-22(28)17(3)19-11-14-27(15-12-19)24(29)21-18(4)26-23(30-21)20-9-7-16(2)8-10-20/h7-10,17,19H,5-6,11-15H2,1-4H3,(H,25,28). The lowest BCUT2D eigenvalue weighted by molar-refractivity contribution is -0.126. The first-order valence-corrected chi connectivity index (χ1v) is 11.8. The number of amides is 2. The number of likely N-dealkylation sites (tertiary alicyclic amines) is 1. The van der Waals surface area contributed by atoms with E-state index < -0.39 is 0 Å². The van der Waals surface area contributed by atoms with Gasteiger partial charge in [-0.05, 0) is 39.0 Å². The number of nitrogens with one attached hydrogen (secondary N) is 1. The molecule has 6 heteroatoms. The average molecular weight is 428 g/mol. The van der Waals surface area contributed by atoms with Crippen LogP contribution in [0.25, 0.3) is 10.6 Å². The lowest BCUT2D eigenvalue weighted by atomic mass is 9.84. The van der Waals surface area contributed by atoms with E-state index in [2.05, 4.69) is 48.4 Å². The Bertz CT molecular complexity index is 867. The van der Waals surface area contributed by atoms with Crippen LogP contribution in [0.1, 0.15) is 60.5 Å². The van der Waals surface area contributed by atoms with E-state index in [9.17, 15) is 9.59 Å². The number of carbonyl (C=O) groups is 2. The third-order valence-corrected chi connectivity index (χ3v) is 7.26. The van der Waals surface area contributed by atoms with E-state index in [0.29, 0.717) is 19.0 Å². The van der Waals surface area contributed by atoms with Crippen molar-refractivity contribution < 1.29 is 9.59 Å². The molecule has 1 fully saturated rings. The predicted molar refractivity (Wildman–Crippen MR) is 123 cm³/mol. The highest BCUT2D eigenvalue weighted by Gasteiger charge is 2.31. The van der Waals surface area contributed by atoms with E-state index in [-0.39, 0.29) is 17.7 Å². The fourth-order valence-corrected chi connectivity index (χ4v) is 4.96. The van der Waals surface area contributed by atoms with E-state index in [4.69, 9.17) is 0 Å². The van der Waals surface area contributed by atoms with E-state index in [1.54, 1.807) is 0 Å². The van der Waals surface area contributed by atoms with E-state index in [1.807, 2.05) is 18.7 Å². The van der Waals surface area contributed by atoms with Gasteiger partial charge >= 0.3 is 0 Å². The van der Waals surface area contributed by atoms with Gasteiger partial charge in [-0.15, -0.1) is 11.3 Å². The van der Waals surface area contributed by atoms with Gasteiger partial charge in [0.25, 0.3) is 5.91 Å². The molecule has 0 radical (unpaired) electrons. The SMILES string of the molecule is CCCCNC(=O)C(C)C1CCN(C(=O)c2sc(-c3ccc(C)cc3)nc2C)CC1. The number of hydrogen-bond donors (Lipinski definition) is 1. The van der Waals surface area contributed by atoms with Crippen molar-refractivity contribution in [3.8, 4) is 10.6 Å². The van der Waals surface area contributed by atoms with Crippen LogP contribution in [0, 0.1) is 25.7 Å². The van der Waals surface area contributed by atoms with Crippen molar-refractivity contribution in [3.05, 3.63) is 40.4 Å². The molecule has 2 heterocycles. The Kier molecular flexibility index (Phi) is 7.64. The molecule has 30 heavy (non-hydrogen) atoms. The van der Waals surface area contributed by atoms with Gasteiger partial charge in [-0.1, -0.05) is 50.1 Å². The first-order chi connectivity index (χ1) is 14.4. The van der Waals surface area contributed by atoms with E-state index >= 15 is 0 Å². The Morgan fingerprint density at radius 2 is 1.87 bits per heavy atom. The zero-order valence-corrected chi connectivity index (χ0v) is 19.3. The van der Waals surface area contributed by atoms with Gasteiger partial charge in [0.15, 0.2) is 0 Å². The molecule has 5 nitrogen and oxygen atoms in total. The lowest BCUT2D eigenvalue weighted by Crippen LogP contribution is -2.42. The normalized spacial score (nSPS) is 15.8. The van der Waals surface area contributed by atoms with E-state index in [1.165, 1.54) is 16.9 Å². The molecule has 1 aliphatic heterocycles. The molecule has 1 atom stereocenters. The van der Waals surface area contributed by atoms with Gasteiger partial charge in [0.05, 0.1) is 5.69 Å². The van der Waals surface area contributed by atoms with Crippen molar-refractivity contribution in [3.63, 3.8) is 0 Å². The molecule has 1 aromatic carbocycles. The van der Waals surface area contributed by atoms with Gasteiger partial charge in [-0.25, -0.2) is 4.98 Å². The average Bonchev–Trinajstić information content (AvgIpc) is 3.15. The minimum Gasteiger partial charge on any atom is -0.356 e. The number of unbranched alkanes of at least 4 members (excludes halogenated alkanes) is 1. The molecule has 0 aliphatic carbocycles. The van der Waals surface area contributed by atoms with Crippen LogP contribution < -0.4 is 5.32 Å². The number of carbonyl (C=O) groups excluding carboxylic acids is 2. The summed E-state index contributed by atoms with van der Waals surface area (Å²) in [6.07, 6.45) is 3.84. The number of nitrogens with zero attached hydrogens (tertiary/aromatic N) is 2. The molecule has 162 valence electrons. The molecular weight excluding hydrogens is 394 g/mol. The van der Waals surface area contributed by atoms with Gasteiger partial charge in [0.2, 0.25) is 5.91 Å². The Morgan fingerprint density at radius 1 is 1.20 bits per heavy atom. The molecule has 1 aliphatic rings. The number of thiazole rings is 1. The molecule has 1 saturated heterocycles. The Labute approximate surface area is 183 Å². The third-order valence-electron chi connectivity index (χ3n) is 6.07. The first-order valence-electron chi connectivity index (χ1n) is 11.0. The van der Waals surface area contributed by atoms with Crippen molar-refractivity contribution in [2.24, 2.45) is 11.8 Å². The fourth-order valence-electron chi connectivity index (χ4n) is 3.92. The summed E-state index contributed by atoms with van der Waals surface area (Å²) in [7, 11) is 0. The first kappa shape index (κ1) is 22.5. The van der Waals surface area contributed by atoms with Crippen molar-refractivity contribution in [1.82, 2.24) is 15.2 Å². The number of aryl methyl sites for hydroxylation is 2. The van der Waals surface area contributed by atoms with Crippen LogP contribution in [-0.2, 0) is 4.79 Å². The van der Waals surface area contributed by atoms with Crippen molar-refractivity contribution in [1.29, 1.82) is 0 Å². The summed E-state index contributed by atoms with van der Waals surface area (Å²) in [5, 5.41) is 3.94. The summed E-state index contributed by atoms with van der Waals surface area (Å²) in [5.41, 5.74) is 3.06. The van der Waals surface area contributed by atoms with E-state index in [0.717, 1.165) is 53.4 Å². The molecule has 1 N–H and O–H groups in total. The maximum absolute atomic E-state index is 13.1. The zero-order chi connectivity index (χ0) is 21.7. The third kappa shape index (κ3) is 5.28. The lowest BCUT2D eigenvalue weighted by Gasteiger charge is -2.34. The van der Waals surface area contributed by atoms with Crippen LogP contribution in [0.15, 0.2) is 24.3 Å². The van der Waals surface area contributed by atoms with Crippen LogP contribution in [-0.4, -0.2) is 41.3 Å². The number of rotatable bonds is 7. The summed E-state index contributed by atoms with van der Waals surface area (Å²) in [4.78, 5) is 32.8. The highest BCUT2D eigenvalue weighted by molar-refractivity contribution is 7.17. The molecule has 2 aromatic rings. The number of hydrogen-bond acceptors (Lipinski definition) is 4. The van der Waals surface area contributed by atoms with Gasteiger partial charge in [-0.2, -0.15) is 0 Å². The Hall–Kier alpha value is -2.21. The summed E-state index contributed by atoms with van der Waals surface area (Å²) in [6.45, 7) is 10.3. The quantitative estimate of drug-likeness (QED) is 0.644. The van der Waals surface area contributed by atoms with Gasteiger partial charge in [0.1, 0.15) is 9.88 Å². The second-order valence-electron chi connectivity index (χ2n) is 8.36. The summed E-state index contributed by atoms with van der Waals surface area (Å²) < 4.78 is 0. The molecule has 0 saturated carbocycles. The zero-order valence-electron chi connectivity index (χ0n) is 18.5. The fraction of sp³-hybridized carbons (Fsp3) is 0.542. The maximum atomic E-state index is 13.1. The topological polar surface area (TPSA) is 62.3 Å². The Morgan fingerprint density at radius 3 is 2.50 bits per heavy atom. The molecule has 1 unspecified atom stereocenters. The molecular formula is C24H33N3O2S. The van der Waals surface area contributed by atoms with Crippen LogP contribution in [0.4, 0.5) is 0 Å². The minimum atomic E-state index is -0.00242. The van der Waals surface area contributed by atoms with Crippen molar-refractivity contribution in [2.75, 3.05) is 19.6 Å². The second-order valence-corrected chi connectivity index (χ2v) is 9.36. The van der Waals surface area contributed by atoms with Crippen molar-refractivity contribution in [2.45, 2.75) is 53.4 Å². The predicted octanol–water partition coefficient (Wildman–Crippen LogP) is 4.83. The van der Waals surface area contributed by atoms with Crippen LogP contribution >= 0.6 is 11.3 Å². The molecule has 0 bridgehead atoms. The summed E-state index contributed by atoms with van der Waals surface area (Å²) in [5.74, 6) is 0.551. The summed E-state index contributed by atoms with van der Waals surface area (Å²) >= 11 is 1.48. The molecule has 2 amide bonds. The molecule has 1 aromatic heterocycles. The monoisotopic (exact) mass is 427 g/mol. The largest absolute Gasteiger partial charge is 0.356 e. The van der Waals surface area contributed by atoms with Crippen molar-refractivity contribution >= 4 is 23.2 Å². The number of aromatic nitrogens is 1. The van der Waals surface area contributed by atoms with Crippen LogP contribution in [0.3, 0.4) is 0 Å². The van der Waals surface area contributed by atoms with Crippen LogP contribution in [0.5, 0.6) is 0 Å². The minimum absolute atomic E-state index is 0.00242. The smallest absolute Gasteiger partial charge is 0.265 e. The maximum Gasteiger partial charge on any atom is 0.265 e. The highest BCUT2D eigenvalue weighted by atomic mass is 32.1. The molecule has 0 spiro atoms. The van der Waals surface area contributed by atoms with Gasteiger partial charge < -0.3 is 10.2 Å². The van der Waals surface area contributed by atoms with Gasteiger partial charge in [-0.3, -0.25) is 9.59 Å². The van der Waals surface area contributed by atoms with Crippen LogP contribution in [0.2, 0.25) is 0 Å². The second kappa shape index (κ2) is 10.2. The highest BCUT2D eigenvalue weighted by Crippen LogP contribution is 2.31.